The maximum Gasteiger partial charge on any atom is 0.157 e. The molecule has 0 spiro atoms. The van der Waals surface area contributed by atoms with E-state index in [0.717, 1.165) is 37.5 Å². The van der Waals surface area contributed by atoms with E-state index in [1.165, 1.54) is 18.4 Å². The Morgan fingerprint density at radius 2 is 2.06 bits per heavy atom. The average Bonchev–Trinajstić information content (AvgIpc) is 2.38. The predicted octanol–water partition coefficient (Wildman–Crippen LogP) is 3.82. The number of hydrogen-bond donors (Lipinski definition) is 0. The molecule has 1 aliphatic heterocycles. The van der Waals surface area contributed by atoms with Crippen molar-refractivity contribution >= 4 is 11.6 Å². The summed E-state index contributed by atoms with van der Waals surface area (Å²) >= 11 is 5.83. The van der Waals surface area contributed by atoms with Crippen molar-refractivity contribution < 1.29 is 9.47 Å². The molecule has 0 aliphatic carbocycles. The lowest BCUT2D eigenvalue weighted by atomic mass is 10.1. The number of hydrogen-bond acceptors (Lipinski definition) is 2. The third kappa shape index (κ3) is 4.66. The van der Waals surface area contributed by atoms with Gasteiger partial charge in [-0.15, -0.1) is 0 Å². The van der Waals surface area contributed by atoms with Crippen molar-refractivity contribution in [1.82, 2.24) is 0 Å². The van der Waals surface area contributed by atoms with Gasteiger partial charge < -0.3 is 9.47 Å². The van der Waals surface area contributed by atoms with Crippen molar-refractivity contribution in [2.24, 2.45) is 0 Å². The Kier molecular flexibility index (Phi) is 5.30. The van der Waals surface area contributed by atoms with Crippen LogP contribution in [0.1, 0.15) is 31.2 Å². The smallest absolute Gasteiger partial charge is 0.157 e. The minimum Gasteiger partial charge on any atom is -0.353 e. The summed E-state index contributed by atoms with van der Waals surface area (Å²) in [4.78, 5) is 0. The molecule has 2 rings (SSSR count). The van der Waals surface area contributed by atoms with E-state index in [4.69, 9.17) is 21.1 Å². The van der Waals surface area contributed by atoms with Gasteiger partial charge in [-0.3, -0.25) is 0 Å². The minimum absolute atomic E-state index is 0.0361. The van der Waals surface area contributed by atoms with E-state index in [1.807, 2.05) is 12.1 Å². The highest BCUT2D eigenvalue weighted by molar-refractivity contribution is 6.30. The SMILES string of the molecule is Clc1ccc(CCCO[C@@H]2CCCCO2)cc1. The van der Waals surface area contributed by atoms with Gasteiger partial charge in [0.2, 0.25) is 0 Å². The van der Waals surface area contributed by atoms with Crippen LogP contribution in [0.3, 0.4) is 0 Å². The minimum atomic E-state index is 0.0361. The lowest BCUT2D eigenvalue weighted by molar-refractivity contribution is -0.162. The highest BCUT2D eigenvalue weighted by Crippen LogP contribution is 2.15. The Labute approximate surface area is 108 Å². The van der Waals surface area contributed by atoms with Crippen LogP contribution < -0.4 is 0 Å². The van der Waals surface area contributed by atoms with Gasteiger partial charge in [-0.1, -0.05) is 23.7 Å². The number of halogens is 1. The van der Waals surface area contributed by atoms with Gasteiger partial charge in [0, 0.05) is 11.6 Å². The molecule has 1 heterocycles. The van der Waals surface area contributed by atoms with Crippen LogP contribution in [0.25, 0.3) is 0 Å². The van der Waals surface area contributed by atoms with Gasteiger partial charge in [0.05, 0.1) is 6.61 Å². The fourth-order valence-corrected chi connectivity index (χ4v) is 2.11. The zero-order valence-electron chi connectivity index (χ0n) is 10.0. The van der Waals surface area contributed by atoms with Crippen LogP contribution >= 0.6 is 11.6 Å². The van der Waals surface area contributed by atoms with Crippen molar-refractivity contribution in [3.8, 4) is 0 Å². The molecule has 0 saturated carbocycles. The lowest BCUT2D eigenvalue weighted by Gasteiger charge is -2.22. The molecule has 0 N–H and O–H groups in total. The van der Waals surface area contributed by atoms with Gasteiger partial charge in [0.25, 0.3) is 0 Å². The molecule has 1 aromatic carbocycles. The van der Waals surface area contributed by atoms with E-state index < -0.39 is 0 Å². The molecule has 1 fully saturated rings. The largest absolute Gasteiger partial charge is 0.353 e. The van der Waals surface area contributed by atoms with Crippen molar-refractivity contribution in [3.63, 3.8) is 0 Å². The highest BCUT2D eigenvalue weighted by Gasteiger charge is 2.13. The lowest BCUT2D eigenvalue weighted by Crippen LogP contribution is -2.22. The highest BCUT2D eigenvalue weighted by atomic mass is 35.5. The topological polar surface area (TPSA) is 18.5 Å². The van der Waals surface area contributed by atoms with Crippen LogP contribution in [0.4, 0.5) is 0 Å². The molecule has 0 aromatic heterocycles. The summed E-state index contributed by atoms with van der Waals surface area (Å²) in [5, 5.41) is 0.792. The maximum absolute atomic E-state index is 5.83. The number of ether oxygens (including phenoxy) is 2. The van der Waals surface area contributed by atoms with Gasteiger partial charge in [-0.05, 0) is 49.8 Å². The molecule has 0 bridgehead atoms. The monoisotopic (exact) mass is 254 g/mol. The van der Waals surface area contributed by atoms with Gasteiger partial charge >= 0.3 is 0 Å². The molecule has 1 atom stereocenters. The first-order valence-electron chi connectivity index (χ1n) is 6.32. The molecule has 3 heteroatoms. The first-order valence-corrected chi connectivity index (χ1v) is 6.70. The van der Waals surface area contributed by atoms with Crippen LogP contribution in [-0.2, 0) is 15.9 Å². The first-order chi connectivity index (χ1) is 8.34. The normalized spacial score (nSPS) is 20.4. The molecule has 1 saturated heterocycles. The summed E-state index contributed by atoms with van der Waals surface area (Å²) < 4.78 is 11.2. The Morgan fingerprint density at radius 1 is 1.24 bits per heavy atom. The Balaban J connectivity index is 1.60. The van der Waals surface area contributed by atoms with E-state index in [-0.39, 0.29) is 6.29 Å². The second-order valence-corrected chi connectivity index (χ2v) is 4.83. The van der Waals surface area contributed by atoms with Gasteiger partial charge in [-0.25, -0.2) is 0 Å². The predicted molar refractivity (Wildman–Crippen MR) is 69.3 cm³/mol. The van der Waals surface area contributed by atoms with E-state index in [9.17, 15) is 0 Å². The van der Waals surface area contributed by atoms with Gasteiger partial charge in [0.15, 0.2) is 6.29 Å². The molecule has 0 amide bonds. The second kappa shape index (κ2) is 7.00. The molecule has 2 nitrogen and oxygen atoms in total. The quantitative estimate of drug-likeness (QED) is 0.744. The van der Waals surface area contributed by atoms with Crippen LogP contribution in [0, 0.1) is 0 Å². The van der Waals surface area contributed by atoms with E-state index in [2.05, 4.69) is 12.1 Å². The third-order valence-electron chi connectivity index (χ3n) is 2.96. The summed E-state index contributed by atoms with van der Waals surface area (Å²) in [5.41, 5.74) is 1.31. The summed E-state index contributed by atoms with van der Waals surface area (Å²) in [6.07, 6.45) is 5.53. The number of rotatable bonds is 5. The Morgan fingerprint density at radius 3 is 2.76 bits per heavy atom. The summed E-state index contributed by atoms with van der Waals surface area (Å²) in [7, 11) is 0. The van der Waals surface area contributed by atoms with Crippen molar-refractivity contribution in [3.05, 3.63) is 34.9 Å². The van der Waals surface area contributed by atoms with Crippen LogP contribution in [0.2, 0.25) is 5.02 Å². The third-order valence-corrected chi connectivity index (χ3v) is 3.22. The fourth-order valence-electron chi connectivity index (χ4n) is 1.98. The molecule has 1 aliphatic rings. The van der Waals surface area contributed by atoms with E-state index >= 15 is 0 Å². The standard InChI is InChI=1S/C14H19ClO2/c15-13-8-6-12(7-9-13)4-3-11-17-14-5-1-2-10-16-14/h6-9,14H,1-5,10-11H2/t14-/m1/s1. The zero-order chi connectivity index (χ0) is 11.9. The Hall–Kier alpha value is -0.570. The molecular formula is C14H19ClO2. The van der Waals surface area contributed by atoms with Crippen LogP contribution in [0.15, 0.2) is 24.3 Å². The average molecular weight is 255 g/mol. The molecule has 0 unspecified atom stereocenters. The molecule has 17 heavy (non-hydrogen) atoms. The zero-order valence-corrected chi connectivity index (χ0v) is 10.8. The fraction of sp³-hybridized carbons (Fsp3) is 0.571. The molecule has 1 aromatic rings. The van der Waals surface area contributed by atoms with Crippen molar-refractivity contribution in [2.45, 2.75) is 38.4 Å². The number of benzene rings is 1. The summed E-state index contributed by atoms with van der Waals surface area (Å²) in [6, 6.07) is 8.00. The maximum atomic E-state index is 5.83. The summed E-state index contributed by atoms with van der Waals surface area (Å²) in [6.45, 7) is 1.62. The Bertz CT molecular complexity index is 317. The summed E-state index contributed by atoms with van der Waals surface area (Å²) in [5.74, 6) is 0. The van der Waals surface area contributed by atoms with Crippen molar-refractivity contribution in [1.29, 1.82) is 0 Å². The van der Waals surface area contributed by atoms with Crippen molar-refractivity contribution in [2.75, 3.05) is 13.2 Å². The first kappa shape index (κ1) is 12.9. The second-order valence-electron chi connectivity index (χ2n) is 4.40. The van der Waals surface area contributed by atoms with Gasteiger partial charge in [0.1, 0.15) is 0 Å². The molecule has 94 valence electrons. The van der Waals surface area contributed by atoms with Crippen LogP contribution in [-0.4, -0.2) is 19.5 Å². The van der Waals surface area contributed by atoms with E-state index in [0.29, 0.717) is 0 Å². The molecular weight excluding hydrogens is 236 g/mol. The van der Waals surface area contributed by atoms with Crippen LogP contribution in [0.5, 0.6) is 0 Å². The number of aryl methyl sites for hydroxylation is 1. The van der Waals surface area contributed by atoms with Gasteiger partial charge in [-0.2, -0.15) is 0 Å². The molecule has 0 radical (unpaired) electrons. The van der Waals surface area contributed by atoms with E-state index in [1.54, 1.807) is 0 Å².